The number of carbonyl (C=O) groups excluding carboxylic acids is 7. The molecular formula is C57H91N5O12. The first-order chi connectivity index (χ1) is 33.7. The van der Waals surface area contributed by atoms with Crippen LogP contribution >= 0.6 is 0 Å². The van der Waals surface area contributed by atoms with E-state index in [0.717, 1.165) is 16.5 Å². The van der Waals surface area contributed by atoms with Crippen LogP contribution in [0.4, 0.5) is 4.79 Å². The van der Waals surface area contributed by atoms with E-state index >= 15 is 0 Å². The third-order valence-electron chi connectivity index (χ3n) is 12.6. The highest BCUT2D eigenvalue weighted by atomic mass is 16.6. The Kier molecular flexibility index (Phi) is 22.8. The highest BCUT2D eigenvalue weighted by Gasteiger charge is 2.47. The SMILES string of the molecule is C/C(=C\[C@H](C(C)C)N(C)C(=O)[C@@H](NC(=O)[C@@H](N(C)C(=O)OC(C)(C)C)C(C)(C)c1cn(C)c2ccccc12)C(C)(C)C)C(=O)N[C@H](CCC(=O)C[C@H](CCCCCC(=O)OC(C)(C)C)C(=O)OC(C)(C)C)C(=O)O. The quantitative estimate of drug-likeness (QED) is 0.0388. The Bertz CT molecular complexity index is 2340. The van der Waals surface area contributed by atoms with E-state index in [0.29, 0.717) is 25.7 Å². The lowest BCUT2D eigenvalue weighted by Gasteiger charge is -2.42. The average molecular weight is 1040 g/mol. The summed E-state index contributed by atoms with van der Waals surface area (Å²) in [4.78, 5) is 111. The first-order valence-corrected chi connectivity index (χ1v) is 25.9. The van der Waals surface area contributed by atoms with Gasteiger partial charge in [-0.15, -0.1) is 0 Å². The first kappa shape index (κ1) is 64.4. The molecule has 5 atom stereocenters. The number of para-hydroxylation sites is 1. The lowest BCUT2D eigenvalue weighted by molar-refractivity contribution is -0.161. The molecule has 0 spiro atoms. The van der Waals surface area contributed by atoms with E-state index in [1.165, 1.54) is 23.8 Å². The number of ether oxygens (including phenoxy) is 3. The van der Waals surface area contributed by atoms with Crippen molar-refractivity contribution in [2.24, 2.45) is 24.3 Å². The zero-order valence-corrected chi connectivity index (χ0v) is 48.4. The number of aryl methyl sites for hydroxylation is 1. The van der Waals surface area contributed by atoms with Crippen molar-refractivity contribution in [3.8, 4) is 0 Å². The van der Waals surface area contributed by atoms with Gasteiger partial charge in [-0.3, -0.25) is 33.7 Å². The summed E-state index contributed by atoms with van der Waals surface area (Å²) in [6, 6.07) is 3.30. The van der Waals surface area contributed by atoms with Gasteiger partial charge < -0.3 is 39.4 Å². The summed E-state index contributed by atoms with van der Waals surface area (Å²) in [5.74, 6) is -5.42. The molecule has 0 unspecified atom stereocenters. The van der Waals surface area contributed by atoms with Crippen molar-refractivity contribution in [2.45, 2.75) is 215 Å². The number of amides is 4. The number of nitrogens with zero attached hydrogens (tertiary/aromatic N) is 3. The number of hydrogen-bond acceptors (Lipinski definition) is 11. The molecule has 1 heterocycles. The maximum absolute atomic E-state index is 15.0. The van der Waals surface area contributed by atoms with Crippen molar-refractivity contribution in [3.63, 3.8) is 0 Å². The van der Waals surface area contributed by atoms with Crippen LogP contribution in [-0.4, -0.2) is 122 Å². The maximum Gasteiger partial charge on any atom is 0.410 e. The second-order valence-electron chi connectivity index (χ2n) is 24.8. The van der Waals surface area contributed by atoms with Gasteiger partial charge in [0.2, 0.25) is 17.7 Å². The highest BCUT2D eigenvalue weighted by Crippen LogP contribution is 2.37. The minimum absolute atomic E-state index is 0.116. The molecule has 0 saturated heterocycles. The third-order valence-corrected chi connectivity index (χ3v) is 12.6. The number of ketones is 1. The van der Waals surface area contributed by atoms with E-state index in [1.807, 2.05) is 90.5 Å². The second-order valence-corrected chi connectivity index (χ2v) is 24.8. The Balaban J connectivity index is 2.35. The number of carbonyl (C=O) groups is 8. The summed E-state index contributed by atoms with van der Waals surface area (Å²) < 4.78 is 18.7. The Morgan fingerprint density at radius 2 is 1.30 bits per heavy atom. The lowest BCUT2D eigenvalue weighted by atomic mass is 9.76. The molecule has 416 valence electrons. The molecule has 0 fully saturated rings. The Morgan fingerprint density at radius 3 is 1.82 bits per heavy atom. The van der Waals surface area contributed by atoms with Crippen molar-refractivity contribution in [1.82, 2.24) is 25.0 Å². The van der Waals surface area contributed by atoms with Gasteiger partial charge in [-0.05, 0) is 111 Å². The van der Waals surface area contributed by atoms with Gasteiger partial charge in [0, 0.05) is 68.5 Å². The zero-order chi connectivity index (χ0) is 57.1. The Hall–Kier alpha value is -5.74. The predicted molar refractivity (Wildman–Crippen MR) is 287 cm³/mol. The van der Waals surface area contributed by atoms with Crippen molar-refractivity contribution in [1.29, 1.82) is 0 Å². The molecule has 4 amide bonds. The highest BCUT2D eigenvalue weighted by molar-refractivity contribution is 5.97. The summed E-state index contributed by atoms with van der Waals surface area (Å²) >= 11 is 0. The molecule has 3 N–H and O–H groups in total. The van der Waals surface area contributed by atoms with Crippen molar-refractivity contribution in [2.75, 3.05) is 14.1 Å². The largest absolute Gasteiger partial charge is 0.480 e. The molecule has 2 aromatic rings. The van der Waals surface area contributed by atoms with E-state index in [4.69, 9.17) is 14.2 Å². The number of nitrogens with one attached hydrogen (secondary N) is 2. The van der Waals surface area contributed by atoms with Gasteiger partial charge >= 0.3 is 24.0 Å². The smallest absolute Gasteiger partial charge is 0.410 e. The van der Waals surface area contributed by atoms with E-state index < -0.39 is 93.5 Å². The van der Waals surface area contributed by atoms with Gasteiger partial charge in [-0.2, -0.15) is 0 Å². The summed E-state index contributed by atoms with van der Waals surface area (Å²) in [5.41, 5.74) is -2.30. The monoisotopic (exact) mass is 1040 g/mol. The van der Waals surface area contributed by atoms with E-state index in [2.05, 4.69) is 10.6 Å². The predicted octanol–water partition coefficient (Wildman–Crippen LogP) is 9.21. The Labute approximate surface area is 441 Å². The van der Waals surface area contributed by atoms with Gasteiger partial charge in [0.1, 0.15) is 40.7 Å². The first-order valence-electron chi connectivity index (χ1n) is 25.9. The van der Waals surface area contributed by atoms with Crippen LogP contribution in [-0.2, 0) is 60.2 Å². The van der Waals surface area contributed by atoms with Crippen molar-refractivity contribution < 1.29 is 57.7 Å². The van der Waals surface area contributed by atoms with Gasteiger partial charge in [0.05, 0.1) is 12.0 Å². The van der Waals surface area contributed by atoms with Crippen LogP contribution in [0.5, 0.6) is 0 Å². The molecule has 0 aliphatic rings. The molecule has 0 bridgehead atoms. The molecule has 1 aromatic carbocycles. The minimum atomic E-state index is -1.45. The van der Waals surface area contributed by atoms with E-state index in [-0.39, 0.29) is 48.9 Å². The number of benzene rings is 1. The normalized spacial score (nSPS) is 14.8. The molecule has 2 rings (SSSR count). The number of carboxylic acids is 1. The molecule has 74 heavy (non-hydrogen) atoms. The number of unbranched alkanes of at least 4 members (excludes halogenated alkanes) is 2. The van der Waals surface area contributed by atoms with Crippen LogP contribution in [0.15, 0.2) is 42.1 Å². The number of likely N-dealkylation sites (N-methyl/N-ethyl adjacent to an activating group) is 2. The van der Waals surface area contributed by atoms with Gasteiger partial charge in [0.15, 0.2) is 0 Å². The second kappa shape index (κ2) is 26.2. The fourth-order valence-electron chi connectivity index (χ4n) is 8.86. The maximum atomic E-state index is 15.0. The van der Waals surface area contributed by atoms with Crippen LogP contribution in [0.1, 0.15) is 175 Å². The number of rotatable bonds is 24. The van der Waals surface area contributed by atoms with Crippen LogP contribution in [0.3, 0.4) is 0 Å². The summed E-state index contributed by atoms with van der Waals surface area (Å²) in [6.07, 6.45) is 4.37. The molecular weight excluding hydrogens is 947 g/mol. The van der Waals surface area contributed by atoms with E-state index in [1.54, 1.807) is 75.4 Å². The van der Waals surface area contributed by atoms with Gasteiger partial charge in [0.25, 0.3) is 0 Å². The summed E-state index contributed by atoms with van der Waals surface area (Å²) in [5, 5.41) is 16.6. The van der Waals surface area contributed by atoms with Crippen molar-refractivity contribution >= 4 is 58.4 Å². The third kappa shape index (κ3) is 19.8. The van der Waals surface area contributed by atoms with Crippen LogP contribution in [0, 0.1) is 17.3 Å². The fraction of sp³-hybridized carbons (Fsp3) is 0.684. The lowest BCUT2D eigenvalue weighted by Crippen LogP contribution is -2.63. The number of carboxylic acid groups (broad SMARTS) is 1. The number of aliphatic carboxylic acids is 1. The van der Waals surface area contributed by atoms with Crippen molar-refractivity contribution in [3.05, 3.63) is 47.7 Å². The van der Waals surface area contributed by atoms with Crippen LogP contribution in [0.2, 0.25) is 0 Å². The number of hydrogen-bond donors (Lipinski definition) is 3. The summed E-state index contributed by atoms with van der Waals surface area (Å²) in [7, 11) is 4.99. The molecule has 1 aromatic heterocycles. The van der Waals surface area contributed by atoms with Gasteiger partial charge in [-0.25, -0.2) is 9.59 Å². The van der Waals surface area contributed by atoms with E-state index in [9.17, 15) is 43.5 Å². The number of esters is 2. The molecule has 0 saturated carbocycles. The molecule has 0 aliphatic heterocycles. The summed E-state index contributed by atoms with van der Waals surface area (Å²) in [6.45, 7) is 30.2. The topological polar surface area (TPSA) is 220 Å². The molecule has 0 radical (unpaired) electrons. The fourth-order valence-corrected chi connectivity index (χ4v) is 8.86. The average Bonchev–Trinajstić information content (AvgIpc) is 3.59. The van der Waals surface area contributed by atoms with Crippen LogP contribution in [0.25, 0.3) is 10.9 Å². The number of fused-ring (bicyclic) bond motifs is 1. The molecule has 17 nitrogen and oxygen atoms in total. The van der Waals surface area contributed by atoms with Crippen LogP contribution < -0.4 is 10.6 Å². The Morgan fingerprint density at radius 1 is 0.730 bits per heavy atom. The number of aromatic nitrogens is 1. The molecule has 0 aliphatic carbocycles. The zero-order valence-electron chi connectivity index (χ0n) is 48.4. The standard InChI is InChI=1S/C57H91N5O12/c1-35(2)43(32-36(3)47(65)58-41(50(68)69)31-30-38(63)33-37(51(70)73-55(10,11)12)26-22-21-23-29-44(64)72-54(7,8)9)61(19)49(67)45(53(4,5)6)59-48(66)46(62(20)52(71)74-56(13,14)15)57(16,17)40-34-60(18)42-28-25-24-27-39(40)42/h24-25,27-28,32,34-35,37,41,43,45-46H,21-23,26,29-31,33H2,1-20H3,(H,58,65)(H,59,66)(H,68,69)/b36-32+/t37-,41+,43+,45+,46+/m0/s1. The number of Topliss-reactive ketones (excluding diaryl/α,β-unsaturated/α-hetero) is 1. The molecule has 17 heteroatoms. The van der Waals surface area contributed by atoms with Gasteiger partial charge in [-0.1, -0.05) is 85.6 Å². The minimum Gasteiger partial charge on any atom is -0.480 e.